The largest absolute Gasteiger partial charge is 0.351 e. The van der Waals surface area contributed by atoms with E-state index < -0.39 is 0 Å². The van der Waals surface area contributed by atoms with Gasteiger partial charge in [-0.1, -0.05) is 12.1 Å². The van der Waals surface area contributed by atoms with Gasteiger partial charge in [0.25, 0.3) is 11.1 Å². The number of thioether (sulfide) groups is 1. The van der Waals surface area contributed by atoms with Crippen LogP contribution < -0.4 is 5.32 Å². The Hall–Kier alpha value is -2.01. The molecular weight excluding hydrogens is 248 g/mol. The third-order valence-electron chi connectivity index (χ3n) is 2.85. The van der Waals surface area contributed by atoms with E-state index in [4.69, 9.17) is 0 Å². The first-order valence-corrected chi connectivity index (χ1v) is 6.25. The van der Waals surface area contributed by atoms with Gasteiger partial charge in [0.05, 0.1) is 4.91 Å². The Balaban J connectivity index is 2.04. The molecule has 2 aromatic rings. The number of rotatable bonds is 1. The van der Waals surface area contributed by atoms with E-state index >= 15 is 0 Å². The molecule has 0 saturated carbocycles. The predicted octanol–water partition coefficient (Wildman–Crippen LogP) is 2.50. The minimum absolute atomic E-state index is 0.314. The molecule has 1 aromatic heterocycles. The van der Waals surface area contributed by atoms with E-state index in [1.807, 2.05) is 42.1 Å². The molecule has 1 aliphatic rings. The number of benzene rings is 1. The number of amides is 2. The van der Waals surface area contributed by atoms with Crippen molar-refractivity contribution >= 4 is 39.9 Å². The summed E-state index contributed by atoms with van der Waals surface area (Å²) in [5.41, 5.74) is 2.01. The summed E-state index contributed by atoms with van der Waals surface area (Å²) < 4.78 is 2.02. The summed E-state index contributed by atoms with van der Waals surface area (Å²) in [4.78, 5) is 22.9. The van der Waals surface area contributed by atoms with Crippen LogP contribution in [-0.2, 0) is 11.8 Å². The number of carbonyl (C=O) groups is 2. The first-order valence-electron chi connectivity index (χ1n) is 5.43. The van der Waals surface area contributed by atoms with Gasteiger partial charge in [-0.05, 0) is 40.9 Å². The van der Waals surface area contributed by atoms with E-state index in [0.29, 0.717) is 4.91 Å². The van der Waals surface area contributed by atoms with Gasteiger partial charge in [-0.3, -0.25) is 14.9 Å². The molecule has 3 rings (SSSR count). The van der Waals surface area contributed by atoms with Crippen LogP contribution >= 0.6 is 11.8 Å². The van der Waals surface area contributed by atoms with Crippen LogP contribution in [-0.4, -0.2) is 15.7 Å². The number of fused-ring (bicyclic) bond motifs is 1. The summed E-state index contributed by atoms with van der Waals surface area (Å²) in [6.07, 6.45) is 3.72. The molecule has 0 unspecified atom stereocenters. The Morgan fingerprint density at radius 3 is 2.83 bits per heavy atom. The molecule has 18 heavy (non-hydrogen) atoms. The first kappa shape index (κ1) is 11.1. The minimum Gasteiger partial charge on any atom is -0.351 e. The second-order valence-electron chi connectivity index (χ2n) is 4.10. The van der Waals surface area contributed by atoms with E-state index in [2.05, 4.69) is 5.32 Å². The van der Waals surface area contributed by atoms with Gasteiger partial charge in [-0.25, -0.2) is 0 Å². The molecular formula is C13H10N2O2S. The molecule has 1 saturated heterocycles. The summed E-state index contributed by atoms with van der Waals surface area (Å²) in [6.45, 7) is 0. The topological polar surface area (TPSA) is 51.1 Å². The monoisotopic (exact) mass is 258 g/mol. The van der Waals surface area contributed by atoms with Crippen molar-refractivity contribution in [2.24, 2.45) is 7.05 Å². The van der Waals surface area contributed by atoms with Crippen molar-refractivity contribution in [2.45, 2.75) is 0 Å². The van der Waals surface area contributed by atoms with E-state index in [9.17, 15) is 9.59 Å². The lowest BCUT2D eigenvalue weighted by Crippen LogP contribution is -2.17. The SMILES string of the molecule is Cn1ccc2ccc(C=C3SC(=O)NC3=O)cc21. The van der Waals surface area contributed by atoms with Gasteiger partial charge in [0.15, 0.2) is 0 Å². The standard InChI is InChI=1S/C13H10N2O2S/c1-15-5-4-9-3-2-8(6-10(9)15)7-11-12(16)14-13(17)18-11/h2-7H,1H3,(H,14,16,17). The number of imide groups is 1. The molecule has 0 radical (unpaired) electrons. The maximum absolute atomic E-state index is 11.4. The van der Waals surface area contributed by atoms with Crippen molar-refractivity contribution in [1.29, 1.82) is 0 Å². The highest BCUT2D eigenvalue weighted by Gasteiger charge is 2.24. The summed E-state index contributed by atoms with van der Waals surface area (Å²) in [5.74, 6) is -0.322. The van der Waals surface area contributed by atoms with Crippen molar-refractivity contribution < 1.29 is 9.59 Å². The maximum Gasteiger partial charge on any atom is 0.290 e. The third-order valence-corrected chi connectivity index (χ3v) is 3.66. The molecule has 1 fully saturated rings. The summed E-state index contributed by atoms with van der Waals surface area (Å²) in [5, 5.41) is 3.08. The Labute approximate surface area is 108 Å². The number of aromatic nitrogens is 1. The molecule has 2 amide bonds. The Morgan fingerprint density at radius 1 is 1.28 bits per heavy atom. The van der Waals surface area contributed by atoms with Gasteiger partial charge < -0.3 is 4.57 Å². The van der Waals surface area contributed by atoms with Gasteiger partial charge in [0.1, 0.15) is 0 Å². The summed E-state index contributed by atoms with van der Waals surface area (Å²) in [6, 6.07) is 7.97. The van der Waals surface area contributed by atoms with E-state index in [-0.39, 0.29) is 11.1 Å². The first-order chi connectivity index (χ1) is 8.63. The molecule has 90 valence electrons. The number of hydrogen-bond donors (Lipinski definition) is 1. The van der Waals surface area contributed by atoms with Gasteiger partial charge in [-0.2, -0.15) is 0 Å². The third kappa shape index (κ3) is 1.82. The normalized spacial score (nSPS) is 17.7. The Kier molecular flexibility index (Phi) is 2.48. The molecule has 0 bridgehead atoms. The van der Waals surface area contributed by atoms with E-state index in [0.717, 1.165) is 28.2 Å². The van der Waals surface area contributed by atoms with Crippen molar-refractivity contribution in [1.82, 2.24) is 9.88 Å². The zero-order valence-electron chi connectivity index (χ0n) is 9.64. The Bertz CT molecular complexity index is 700. The van der Waals surface area contributed by atoms with Crippen molar-refractivity contribution in [3.05, 3.63) is 40.9 Å². The highest BCUT2D eigenvalue weighted by Crippen LogP contribution is 2.26. The molecule has 1 aliphatic heterocycles. The van der Waals surface area contributed by atoms with Crippen LogP contribution in [0.5, 0.6) is 0 Å². The van der Waals surface area contributed by atoms with Crippen LogP contribution in [0.25, 0.3) is 17.0 Å². The molecule has 2 heterocycles. The van der Waals surface area contributed by atoms with E-state index in [1.165, 1.54) is 0 Å². The Morgan fingerprint density at radius 2 is 2.11 bits per heavy atom. The van der Waals surface area contributed by atoms with Crippen LogP contribution in [0.1, 0.15) is 5.56 Å². The van der Waals surface area contributed by atoms with Crippen molar-refractivity contribution in [3.63, 3.8) is 0 Å². The molecule has 1 N–H and O–H groups in total. The van der Waals surface area contributed by atoms with Gasteiger partial charge >= 0.3 is 0 Å². The van der Waals surface area contributed by atoms with Crippen LogP contribution in [0.4, 0.5) is 4.79 Å². The number of nitrogens with one attached hydrogen (secondary N) is 1. The second-order valence-corrected chi connectivity index (χ2v) is 5.11. The lowest BCUT2D eigenvalue weighted by molar-refractivity contribution is -0.115. The highest BCUT2D eigenvalue weighted by atomic mass is 32.2. The fraction of sp³-hybridized carbons (Fsp3) is 0.0769. The summed E-state index contributed by atoms with van der Waals surface area (Å²) in [7, 11) is 1.97. The predicted molar refractivity (Wildman–Crippen MR) is 72.0 cm³/mol. The zero-order valence-corrected chi connectivity index (χ0v) is 10.5. The zero-order chi connectivity index (χ0) is 12.7. The molecule has 0 atom stereocenters. The minimum atomic E-state index is -0.322. The molecule has 1 aromatic carbocycles. The second kappa shape index (κ2) is 4.03. The van der Waals surface area contributed by atoms with Crippen molar-refractivity contribution in [3.8, 4) is 0 Å². The number of hydrogen-bond acceptors (Lipinski definition) is 3. The van der Waals surface area contributed by atoms with Crippen LogP contribution in [0.15, 0.2) is 35.4 Å². The summed E-state index contributed by atoms with van der Waals surface area (Å²) >= 11 is 0.935. The maximum atomic E-state index is 11.4. The lowest BCUT2D eigenvalue weighted by atomic mass is 10.1. The van der Waals surface area contributed by atoms with Gasteiger partial charge in [0.2, 0.25) is 0 Å². The van der Waals surface area contributed by atoms with E-state index in [1.54, 1.807) is 6.08 Å². The molecule has 5 heteroatoms. The average Bonchev–Trinajstić information content (AvgIpc) is 2.84. The van der Waals surface area contributed by atoms with Crippen molar-refractivity contribution in [2.75, 3.05) is 0 Å². The fourth-order valence-electron chi connectivity index (χ4n) is 1.94. The molecule has 0 aliphatic carbocycles. The number of carbonyl (C=O) groups excluding carboxylic acids is 2. The molecule has 0 spiro atoms. The highest BCUT2D eigenvalue weighted by molar-refractivity contribution is 8.18. The number of aryl methyl sites for hydroxylation is 1. The average molecular weight is 258 g/mol. The smallest absolute Gasteiger partial charge is 0.290 e. The molecule has 4 nitrogen and oxygen atoms in total. The fourth-order valence-corrected chi connectivity index (χ4v) is 2.62. The quantitative estimate of drug-likeness (QED) is 0.799. The van der Waals surface area contributed by atoms with Crippen LogP contribution in [0.2, 0.25) is 0 Å². The van der Waals surface area contributed by atoms with Crippen LogP contribution in [0, 0.1) is 0 Å². The van der Waals surface area contributed by atoms with Gasteiger partial charge in [0, 0.05) is 18.8 Å². The lowest BCUT2D eigenvalue weighted by Gasteiger charge is -1.99. The number of nitrogens with zero attached hydrogens (tertiary/aromatic N) is 1. The van der Waals surface area contributed by atoms with Gasteiger partial charge in [-0.15, -0.1) is 0 Å². The van der Waals surface area contributed by atoms with Crippen LogP contribution in [0.3, 0.4) is 0 Å².